The Bertz CT molecular complexity index is 1350. The van der Waals surface area contributed by atoms with Crippen LogP contribution in [0.5, 0.6) is 0 Å². The van der Waals surface area contributed by atoms with E-state index in [1.807, 2.05) is 73.1 Å². The molecule has 0 bridgehead atoms. The van der Waals surface area contributed by atoms with Crippen molar-refractivity contribution in [1.82, 2.24) is 30.0 Å². The number of tetrazole rings is 1. The number of nitrogens with zero attached hydrogens (tertiary/aromatic N) is 6. The van der Waals surface area contributed by atoms with Crippen LogP contribution in [-0.4, -0.2) is 35.9 Å². The summed E-state index contributed by atoms with van der Waals surface area (Å²) in [4.78, 5) is 14.5. The standard InChI is InChI=1S/C21H17N7OS/c1-13-8-9-15(10-18(13)27-12-22-25-26-27)23-20(29)19-11-17-14(2)24-28(21(17)30-19)16-6-4-3-5-7-16/h3-12H,1-2H3,(H,23,29). The van der Waals surface area contributed by atoms with Crippen LogP contribution in [0.15, 0.2) is 60.9 Å². The summed E-state index contributed by atoms with van der Waals surface area (Å²) in [5.41, 5.74) is 4.34. The quantitative estimate of drug-likeness (QED) is 0.480. The summed E-state index contributed by atoms with van der Waals surface area (Å²) < 4.78 is 3.45. The first-order chi connectivity index (χ1) is 14.6. The fraction of sp³-hybridized carbons (Fsp3) is 0.0952. The van der Waals surface area contributed by atoms with Gasteiger partial charge in [0, 0.05) is 11.1 Å². The average molecular weight is 415 g/mol. The second kappa shape index (κ2) is 7.20. The Kier molecular flexibility index (Phi) is 4.36. The highest BCUT2D eigenvalue weighted by molar-refractivity contribution is 7.20. The first-order valence-corrected chi connectivity index (χ1v) is 10.1. The summed E-state index contributed by atoms with van der Waals surface area (Å²) in [7, 11) is 0. The molecule has 0 saturated carbocycles. The van der Waals surface area contributed by atoms with Gasteiger partial charge in [0.1, 0.15) is 11.2 Å². The van der Waals surface area contributed by atoms with Gasteiger partial charge in [-0.3, -0.25) is 4.79 Å². The van der Waals surface area contributed by atoms with Gasteiger partial charge < -0.3 is 5.32 Å². The summed E-state index contributed by atoms with van der Waals surface area (Å²) >= 11 is 1.42. The molecule has 8 nitrogen and oxygen atoms in total. The van der Waals surface area contributed by atoms with Gasteiger partial charge in [0.25, 0.3) is 5.91 Å². The normalized spacial score (nSPS) is 11.1. The van der Waals surface area contributed by atoms with Crippen LogP contribution >= 0.6 is 11.3 Å². The van der Waals surface area contributed by atoms with E-state index in [0.29, 0.717) is 10.6 Å². The Balaban J connectivity index is 1.47. The minimum Gasteiger partial charge on any atom is -0.321 e. The van der Waals surface area contributed by atoms with Gasteiger partial charge in [0.05, 0.1) is 21.9 Å². The number of anilines is 1. The molecule has 1 N–H and O–H groups in total. The van der Waals surface area contributed by atoms with E-state index in [1.165, 1.54) is 17.7 Å². The zero-order valence-electron chi connectivity index (χ0n) is 16.3. The maximum Gasteiger partial charge on any atom is 0.265 e. The summed E-state index contributed by atoms with van der Waals surface area (Å²) in [5, 5.41) is 19.9. The van der Waals surface area contributed by atoms with Gasteiger partial charge in [-0.15, -0.1) is 16.4 Å². The summed E-state index contributed by atoms with van der Waals surface area (Å²) in [5.74, 6) is -0.165. The van der Waals surface area contributed by atoms with Gasteiger partial charge in [0.15, 0.2) is 0 Å². The van der Waals surface area contributed by atoms with Crippen molar-refractivity contribution in [1.29, 1.82) is 0 Å². The number of rotatable bonds is 4. The van der Waals surface area contributed by atoms with E-state index >= 15 is 0 Å². The smallest absolute Gasteiger partial charge is 0.265 e. The number of thiophene rings is 1. The molecular formula is C21H17N7OS. The van der Waals surface area contributed by atoms with Gasteiger partial charge in [0.2, 0.25) is 0 Å². The maximum absolute atomic E-state index is 12.9. The molecule has 0 fully saturated rings. The Hall–Kier alpha value is -3.85. The maximum atomic E-state index is 12.9. The molecule has 0 aliphatic carbocycles. The molecule has 2 aromatic carbocycles. The minimum absolute atomic E-state index is 0.165. The van der Waals surface area contributed by atoms with Crippen LogP contribution in [-0.2, 0) is 0 Å². The van der Waals surface area contributed by atoms with Crippen molar-refractivity contribution in [2.24, 2.45) is 0 Å². The molecule has 9 heteroatoms. The first kappa shape index (κ1) is 18.2. The van der Waals surface area contributed by atoms with Crippen molar-refractivity contribution in [3.63, 3.8) is 0 Å². The molecule has 0 atom stereocenters. The van der Waals surface area contributed by atoms with Crippen molar-refractivity contribution in [2.45, 2.75) is 13.8 Å². The van der Waals surface area contributed by atoms with E-state index in [4.69, 9.17) is 0 Å². The van der Waals surface area contributed by atoms with Crippen LogP contribution in [0.2, 0.25) is 0 Å². The number of carbonyl (C=O) groups excluding carboxylic acids is 1. The molecule has 5 aromatic rings. The van der Waals surface area contributed by atoms with Crippen molar-refractivity contribution in [2.75, 3.05) is 5.32 Å². The largest absolute Gasteiger partial charge is 0.321 e. The molecule has 0 radical (unpaired) electrons. The molecule has 0 spiro atoms. The SMILES string of the molecule is Cc1ccc(NC(=O)c2cc3c(C)nn(-c4ccccc4)c3s2)cc1-n1cnnn1. The van der Waals surface area contributed by atoms with E-state index in [0.717, 1.165) is 32.8 Å². The number of aromatic nitrogens is 6. The lowest BCUT2D eigenvalue weighted by Crippen LogP contribution is -2.11. The molecule has 1 amide bonds. The van der Waals surface area contributed by atoms with Crippen molar-refractivity contribution < 1.29 is 4.79 Å². The molecule has 5 rings (SSSR count). The van der Waals surface area contributed by atoms with E-state index < -0.39 is 0 Å². The van der Waals surface area contributed by atoms with E-state index in [2.05, 4.69) is 25.9 Å². The Morgan fingerprint density at radius 1 is 1.07 bits per heavy atom. The third-order valence-corrected chi connectivity index (χ3v) is 5.94. The Morgan fingerprint density at radius 2 is 1.90 bits per heavy atom. The average Bonchev–Trinajstić information content (AvgIpc) is 3.49. The number of benzene rings is 2. The zero-order valence-corrected chi connectivity index (χ0v) is 17.1. The first-order valence-electron chi connectivity index (χ1n) is 9.30. The molecule has 0 aliphatic rings. The van der Waals surface area contributed by atoms with Gasteiger partial charge in [-0.25, -0.2) is 9.36 Å². The molecule has 30 heavy (non-hydrogen) atoms. The number of carbonyl (C=O) groups is 1. The highest BCUT2D eigenvalue weighted by atomic mass is 32.1. The van der Waals surface area contributed by atoms with Crippen molar-refractivity contribution in [3.05, 3.63) is 77.1 Å². The zero-order chi connectivity index (χ0) is 20.7. The summed E-state index contributed by atoms with van der Waals surface area (Å²) in [6.45, 7) is 3.92. The topological polar surface area (TPSA) is 90.5 Å². The number of nitrogens with one attached hydrogen (secondary N) is 1. The molecular weight excluding hydrogens is 398 g/mol. The predicted molar refractivity (Wildman–Crippen MR) is 116 cm³/mol. The highest BCUT2D eigenvalue weighted by Crippen LogP contribution is 2.31. The summed E-state index contributed by atoms with van der Waals surface area (Å²) in [6, 6.07) is 17.5. The van der Waals surface area contributed by atoms with Crippen LogP contribution in [0.3, 0.4) is 0 Å². The number of amides is 1. The van der Waals surface area contributed by atoms with E-state index in [9.17, 15) is 4.79 Å². The van der Waals surface area contributed by atoms with Crippen LogP contribution in [0, 0.1) is 13.8 Å². The van der Waals surface area contributed by atoms with Gasteiger partial charge in [-0.1, -0.05) is 24.3 Å². The number of fused-ring (bicyclic) bond motifs is 1. The molecule has 3 aromatic heterocycles. The number of para-hydroxylation sites is 1. The lowest BCUT2D eigenvalue weighted by atomic mass is 10.2. The fourth-order valence-corrected chi connectivity index (χ4v) is 4.38. The lowest BCUT2D eigenvalue weighted by molar-refractivity contribution is 0.103. The third kappa shape index (κ3) is 3.15. The van der Waals surface area contributed by atoms with Crippen LogP contribution in [0.4, 0.5) is 5.69 Å². The third-order valence-electron chi connectivity index (χ3n) is 4.83. The second-order valence-corrected chi connectivity index (χ2v) is 7.90. The van der Waals surface area contributed by atoms with Crippen LogP contribution in [0.1, 0.15) is 20.9 Å². The Morgan fingerprint density at radius 3 is 2.67 bits per heavy atom. The fourth-order valence-electron chi connectivity index (χ4n) is 3.30. The van der Waals surface area contributed by atoms with E-state index in [1.54, 1.807) is 4.68 Å². The van der Waals surface area contributed by atoms with Crippen molar-refractivity contribution in [3.8, 4) is 11.4 Å². The highest BCUT2D eigenvalue weighted by Gasteiger charge is 2.17. The van der Waals surface area contributed by atoms with Gasteiger partial charge in [-0.05, 0) is 60.2 Å². The number of aryl methyl sites for hydroxylation is 2. The van der Waals surface area contributed by atoms with Gasteiger partial charge >= 0.3 is 0 Å². The van der Waals surface area contributed by atoms with Gasteiger partial charge in [-0.2, -0.15) is 5.10 Å². The second-order valence-electron chi connectivity index (χ2n) is 6.87. The predicted octanol–water partition coefficient (Wildman–Crippen LogP) is 3.93. The van der Waals surface area contributed by atoms with Crippen LogP contribution in [0.25, 0.3) is 21.6 Å². The molecule has 148 valence electrons. The lowest BCUT2D eigenvalue weighted by Gasteiger charge is -2.09. The Labute approximate surface area is 175 Å². The number of hydrogen-bond acceptors (Lipinski definition) is 6. The van der Waals surface area contributed by atoms with Crippen LogP contribution < -0.4 is 5.32 Å². The number of hydrogen-bond donors (Lipinski definition) is 1. The minimum atomic E-state index is -0.165. The molecule has 0 aliphatic heterocycles. The molecule has 0 unspecified atom stereocenters. The molecule has 3 heterocycles. The molecule has 0 saturated heterocycles. The van der Waals surface area contributed by atoms with Crippen molar-refractivity contribution >= 4 is 33.1 Å². The monoisotopic (exact) mass is 415 g/mol. The summed E-state index contributed by atoms with van der Waals surface area (Å²) in [6.07, 6.45) is 1.53. The van der Waals surface area contributed by atoms with E-state index in [-0.39, 0.29) is 5.91 Å².